The second kappa shape index (κ2) is 9.32. The van der Waals surface area contributed by atoms with Crippen LogP contribution in [0.15, 0.2) is 53.0 Å². The van der Waals surface area contributed by atoms with Gasteiger partial charge in [-0.3, -0.25) is 9.69 Å². The van der Waals surface area contributed by atoms with Crippen LogP contribution in [0.2, 0.25) is 0 Å². The molecule has 0 amide bonds. The van der Waals surface area contributed by atoms with E-state index in [1.165, 1.54) is 6.07 Å². The molecule has 1 heterocycles. The highest BCUT2D eigenvalue weighted by atomic mass is 79.9. The number of hydrogen-bond acceptors (Lipinski definition) is 3. The van der Waals surface area contributed by atoms with E-state index in [0.29, 0.717) is 12.1 Å². The average molecular weight is 427 g/mol. The van der Waals surface area contributed by atoms with Crippen LogP contribution in [0.4, 0.5) is 10.1 Å². The highest BCUT2D eigenvalue weighted by molar-refractivity contribution is 9.10. The fourth-order valence-corrected chi connectivity index (χ4v) is 3.22. The predicted octanol–water partition coefficient (Wildman–Crippen LogP) is 0.987. The maximum atomic E-state index is 13.8. The third-order valence-corrected chi connectivity index (χ3v) is 4.92. The monoisotopic (exact) mass is 425 g/mol. The van der Waals surface area contributed by atoms with Crippen molar-refractivity contribution in [3.05, 3.63) is 64.4 Å². The Morgan fingerprint density at radius 1 is 1.00 bits per heavy atom. The molecule has 0 radical (unpaired) electrons. The first-order chi connectivity index (χ1) is 11.6. The molecule has 1 fully saturated rings. The SMILES string of the molecule is O=C(CCN1CCN(c2ccccc2F)CC1)c1ccc(Br)cc1.[Cl-]. The number of carbonyl (C=O) groups is 1. The predicted molar refractivity (Wildman–Crippen MR) is 98.1 cm³/mol. The van der Waals surface area contributed by atoms with Crippen LogP contribution >= 0.6 is 15.9 Å². The largest absolute Gasteiger partial charge is 1.00 e. The van der Waals surface area contributed by atoms with Gasteiger partial charge < -0.3 is 17.3 Å². The topological polar surface area (TPSA) is 23.6 Å². The Bertz CT molecular complexity index is 703. The summed E-state index contributed by atoms with van der Waals surface area (Å²) in [6.07, 6.45) is 0.515. The molecule has 0 spiro atoms. The summed E-state index contributed by atoms with van der Waals surface area (Å²) >= 11 is 3.38. The molecule has 0 unspecified atom stereocenters. The van der Waals surface area contributed by atoms with Gasteiger partial charge in [-0.25, -0.2) is 4.39 Å². The van der Waals surface area contributed by atoms with Gasteiger partial charge >= 0.3 is 0 Å². The third kappa shape index (κ3) is 5.27. The van der Waals surface area contributed by atoms with E-state index in [2.05, 4.69) is 25.7 Å². The zero-order valence-electron chi connectivity index (χ0n) is 13.8. The summed E-state index contributed by atoms with van der Waals surface area (Å²) in [5.41, 5.74) is 1.42. The summed E-state index contributed by atoms with van der Waals surface area (Å²) in [4.78, 5) is 16.6. The number of hydrogen-bond donors (Lipinski definition) is 0. The van der Waals surface area contributed by atoms with E-state index in [-0.39, 0.29) is 24.0 Å². The number of piperazine rings is 1. The highest BCUT2D eigenvalue weighted by Gasteiger charge is 2.19. The standard InChI is InChI=1S/C19H20BrFN2O.ClH/c20-16-7-5-15(6-8-16)19(24)9-10-22-11-13-23(14-12-22)18-4-2-1-3-17(18)21;/h1-8H,9-14H2;1H/p-1. The van der Waals surface area contributed by atoms with Crippen molar-refractivity contribution in [3.8, 4) is 0 Å². The van der Waals surface area contributed by atoms with E-state index in [1.54, 1.807) is 6.07 Å². The van der Waals surface area contributed by atoms with Gasteiger partial charge in [-0.1, -0.05) is 40.2 Å². The van der Waals surface area contributed by atoms with E-state index in [9.17, 15) is 9.18 Å². The van der Waals surface area contributed by atoms with Crippen LogP contribution in [-0.4, -0.2) is 43.4 Å². The second-order valence-electron chi connectivity index (χ2n) is 5.96. The molecule has 3 nitrogen and oxygen atoms in total. The van der Waals surface area contributed by atoms with Crippen LogP contribution in [-0.2, 0) is 0 Å². The van der Waals surface area contributed by atoms with Gasteiger partial charge in [0.15, 0.2) is 5.78 Å². The van der Waals surface area contributed by atoms with Gasteiger partial charge in [-0.2, -0.15) is 0 Å². The van der Waals surface area contributed by atoms with Crippen LogP contribution in [0.1, 0.15) is 16.8 Å². The van der Waals surface area contributed by atoms with Gasteiger partial charge in [0, 0.05) is 49.2 Å². The number of halogens is 3. The normalized spacial score (nSPS) is 14.9. The van der Waals surface area contributed by atoms with Gasteiger partial charge in [0.1, 0.15) is 5.82 Å². The van der Waals surface area contributed by atoms with Crippen molar-refractivity contribution < 1.29 is 21.6 Å². The molecule has 134 valence electrons. The van der Waals surface area contributed by atoms with E-state index < -0.39 is 0 Å². The molecule has 1 aliphatic heterocycles. The first kappa shape index (κ1) is 19.9. The lowest BCUT2D eigenvalue weighted by Gasteiger charge is -2.36. The van der Waals surface area contributed by atoms with Crippen LogP contribution in [0.3, 0.4) is 0 Å². The molecule has 1 saturated heterocycles. The van der Waals surface area contributed by atoms with Crippen LogP contribution in [0, 0.1) is 5.82 Å². The Morgan fingerprint density at radius 3 is 2.28 bits per heavy atom. The minimum Gasteiger partial charge on any atom is -1.00 e. The molecule has 2 aromatic carbocycles. The van der Waals surface area contributed by atoms with E-state index in [1.807, 2.05) is 36.4 Å². The molecule has 25 heavy (non-hydrogen) atoms. The molecule has 2 aromatic rings. The number of anilines is 1. The van der Waals surface area contributed by atoms with Crippen molar-refractivity contribution in [3.63, 3.8) is 0 Å². The van der Waals surface area contributed by atoms with E-state index in [0.717, 1.165) is 42.8 Å². The maximum Gasteiger partial charge on any atom is 0.164 e. The Labute approximate surface area is 162 Å². The molecule has 0 aliphatic carbocycles. The highest BCUT2D eigenvalue weighted by Crippen LogP contribution is 2.20. The van der Waals surface area contributed by atoms with Crippen molar-refractivity contribution in [1.29, 1.82) is 0 Å². The summed E-state index contributed by atoms with van der Waals surface area (Å²) < 4.78 is 14.8. The number of benzene rings is 2. The number of ketones is 1. The Kier molecular flexibility index (Phi) is 7.41. The minimum atomic E-state index is -0.170. The summed E-state index contributed by atoms with van der Waals surface area (Å²) in [5.74, 6) is -0.00426. The zero-order valence-corrected chi connectivity index (χ0v) is 16.1. The molecule has 0 saturated carbocycles. The van der Waals surface area contributed by atoms with Crippen molar-refractivity contribution in [1.82, 2.24) is 4.90 Å². The molecule has 0 aromatic heterocycles. The molecule has 3 rings (SSSR count). The van der Waals surface area contributed by atoms with Crippen LogP contribution in [0.5, 0.6) is 0 Å². The van der Waals surface area contributed by atoms with Crippen molar-refractivity contribution in [2.75, 3.05) is 37.6 Å². The number of rotatable bonds is 5. The quantitative estimate of drug-likeness (QED) is 0.666. The molecule has 0 N–H and O–H groups in total. The lowest BCUT2D eigenvalue weighted by molar-refractivity contribution is -0.0000133. The van der Waals surface area contributed by atoms with E-state index >= 15 is 0 Å². The Hall–Kier alpha value is -1.43. The Balaban J connectivity index is 0.00000225. The first-order valence-corrected chi connectivity index (χ1v) is 8.93. The van der Waals surface area contributed by atoms with Gasteiger partial charge in [0.25, 0.3) is 0 Å². The fraction of sp³-hybridized carbons (Fsp3) is 0.316. The number of carbonyl (C=O) groups excluding carboxylic acids is 1. The maximum absolute atomic E-state index is 13.8. The average Bonchev–Trinajstić information content (AvgIpc) is 2.61. The molecule has 0 bridgehead atoms. The first-order valence-electron chi connectivity index (χ1n) is 8.14. The van der Waals surface area contributed by atoms with Crippen molar-refractivity contribution in [2.45, 2.75) is 6.42 Å². The summed E-state index contributed by atoms with van der Waals surface area (Å²) in [5, 5.41) is 0. The minimum absolute atomic E-state index is 0. The third-order valence-electron chi connectivity index (χ3n) is 4.39. The molecule has 6 heteroatoms. The molecule has 1 aliphatic rings. The van der Waals surface area contributed by atoms with Gasteiger partial charge in [0.2, 0.25) is 0 Å². The molecule has 0 atom stereocenters. The van der Waals surface area contributed by atoms with Crippen molar-refractivity contribution >= 4 is 27.4 Å². The van der Waals surface area contributed by atoms with Crippen molar-refractivity contribution in [2.24, 2.45) is 0 Å². The lowest BCUT2D eigenvalue weighted by Crippen LogP contribution is -3.00. The Morgan fingerprint density at radius 2 is 1.64 bits per heavy atom. The molecular formula is C19H20BrClFN2O-. The zero-order chi connectivity index (χ0) is 16.9. The lowest BCUT2D eigenvalue weighted by atomic mass is 10.1. The fourth-order valence-electron chi connectivity index (χ4n) is 2.96. The second-order valence-corrected chi connectivity index (χ2v) is 6.88. The van der Waals surface area contributed by atoms with Gasteiger partial charge in [0.05, 0.1) is 5.69 Å². The summed E-state index contributed by atoms with van der Waals surface area (Å²) in [6, 6.07) is 14.4. The number of nitrogens with zero attached hydrogens (tertiary/aromatic N) is 2. The number of Topliss-reactive ketones (excluding diaryl/α,β-unsaturated/α-hetero) is 1. The number of para-hydroxylation sites is 1. The molecular weight excluding hydrogens is 407 g/mol. The summed E-state index contributed by atoms with van der Waals surface area (Å²) in [6.45, 7) is 4.02. The summed E-state index contributed by atoms with van der Waals surface area (Å²) in [7, 11) is 0. The van der Waals surface area contributed by atoms with Crippen LogP contribution in [0.25, 0.3) is 0 Å². The van der Waals surface area contributed by atoms with Gasteiger partial charge in [-0.15, -0.1) is 0 Å². The smallest absolute Gasteiger partial charge is 0.164 e. The van der Waals surface area contributed by atoms with Gasteiger partial charge in [-0.05, 0) is 24.3 Å². The van der Waals surface area contributed by atoms with E-state index in [4.69, 9.17) is 0 Å². The van der Waals surface area contributed by atoms with Crippen LogP contribution < -0.4 is 17.3 Å².